The van der Waals surface area contributed by atoms with E-state index in [-0.39, 0.29) is 46.9 Å². The number of hydrogen-bond acceptors (Lipinski definition) is 11. The molecule has 0 bridgehead atoms. The molecule has 7 rings (SSSR count). The molecule has 4 aromatic rings. The molecule has 320 valence electrons. The second-order valence-corrected chi connectivity index (χ2v) is 24.1. The molecule has 59 heavy (non-hydrogen) atoms. The maximum Gasteiger partial charge on any atom is 0.341 e. The van der Waals surface area contributed by atoms with Crippen LogP contribution in [0, 0.1) is 5.92 Å². The monoisotopic (exact) mass is 846 g/mol. The summed E-state index contributed by atoms with van der Waals surface area (Å²) in [6.45, 7) is 13.7. The quantitative estimate of drug-likeness (QED) is 0.0549. The number of nitrogens with zero attached hydrogens (tertiary/aromatic N) is 4. The molecule has 0 unspecified atom stereocenters. The molecule has 2 aromatic heterocycles. The number of amides is 1. The Kier molecular flexibility index (Phi) is 12.9. The molecule has 1 amide bonds. The number of aliphatic hydroxyl groups is 1. The van der Waals surface area contributed by atoms with Gasteiger partial charge in [0, 0.05) is 37.2 Å². The van der Waals surface area contributed by atoms with Crippen LogP contribution in [0.4, 0.5) is 5.69 Å². The number of phenols is 1. The number of aromatic hydroxyl groups is 1. The van der Waals surface area contributed by atoms with Crippen molar-refractivity contribution in [2.45, 2.75) is 133 Å². The number of carboxylic acids is 1. The Morgan fingerprint density at radius 2 is 1.86 bits per heavy atom. The van der Waals surface area contributed by atoms with Gasteiger partial charge in [-0.05, 0) is 129 Å². The Balaban J connectivity index is 0.923. The van der Waals surface area contributed by atoms with Crippen molar-refractivity contribution in [3.8, 4) is 11.5 Å². The van der Waals surface area contributed by atoms with Crippen LogP contribution in [0.2, 0.25) is 18.1 Å². The van der Waals surface area contributed by atoms with E-state index >= 15 is 0 Å². The van der Waals surface area contributed by atoms with Gasteiger partial charge in [0.1, 0.15) is 17.0 Å². The lowest BCUT2D eigenvalue weighted by Gasteiger charge is -2.40. The first-order chi connectivity index (χ1) is 28.1. The van der Waals surface area contributed by atoms with Gasteiger partial charge in [0.25, 0.3) is 5.91 Å². The molecule has 3 aliphatic rings. The maximum atomic E-state index is 12.5. The number of rotatable bonds is 16. The van der Waals surface area contributed by atoms with E-state index in [4.69, 9.17) is 9.16 Å². The molecular weight excluding hydrogens is 785 g/mol. The number of nitrogens with one attached hydrogen (secondary N) is 2. The van der Waals surface area contributed by atoms with Gasteiger partial charge in [-0.25, -0.2) is 9.48 Å². The van der Waals surface area contributed by atoms with Gasteiger partial charge < -0.3 is 40.0 Å². The fourth-order valence-corrected chi connectivity index (χ4v) is 11.5. The number of ether oxygens (including phenoxy) is 1. The molecule has 2 fully saturated rings. The van der Waals surface area contributed by atoms with Gasteiger partial charge in [-0.2, -0.15) is 0 Å². The zero-order chi connectivity index (χ0) is 42.1. The highest BCUT2D eigenvalue weighted by atomic mass is 32.1. The van der Waals surface area contributed by atoms with Crippen molar-refractivity contribution < 1.29 is 34.1 Å². The second-order valence-electron chi connectivity index (χ2n) is 18.4. The van der Waals surface area contributed by atoms with Crippen LogP contribution < -0.4 is 15.4 Å². The Morgan fingerprint density at radius 1 is 1.12 bits per heavy atom. The van der Waals surface area contributed by atoms with Gasteiger partial charge in [-0.15, -0.1) is 16.4 Å². The number of hydrogen-bond donors (Lipinski definition) is 5. The van der Waals surface area contributed by atoms with Gasteiger partial charge in [0.2, 0.25) is 0 Å². The Bertz CT molecular complexity index is 2120. The Hall–Kier alpha value is -3.86. The number of carbonyl (C=O) groups is 2. The summed E-state index contributed by atoms with van der Waals surface area (Å²) in [6.07, 6.45) is 8.11. The van der Waals surface area contributed by atoms with Crippen molar-refractivity contribution in [3.05, 3.63) is 63.3 Å². The summed E-state index contributed by atoms with van der Waals surface area (Å²) in [4.78, 5) is 27.7. The van der Waals surface area contributed by atoms with Gasteiger partial charge in [-0.1, -0.05) is 44.9 Å². The fraction of sp³-hybridized carbons (Fsp3) is 0.591. The van der Waals surface area contributed by atoms with Crippen molar-refractivity contribution in [1.29, 1.82) is 0 Å². The van der Waals surface area contributed by atoms with Crippen LogP contribution in [0.25, 0.3) is 11.0 Å². The van der Waals surface area contributed by atoms with Crippen molar-refractivity contribution in [2.24, 2.45) is 5.92 Å². The molecule has 15 heteroatoms. The molecule has 0 saturated heterocycles. The smallest absolute Gasteiger partial charge is 0.341 e. The molecule has 2 saturated carbocycles. The number of carbonyl (C=O) groups excluding carboxylic acids is 1. The lowest BCUT2D eigenvalue weighted by Crippen LogP contribution is -2.43. The number of benzene rings is 2. The number of aryl methyl sites for hydroxylation is 1. The van der Waals surface area contributed by atoms with E-state index in [1.165, 1.54) is 11.3 Å². The molecular formula is C44H62N6O7SSi. The number of anilines is 1. The number of fused-ring (bicyclic) bond motifs is 2. The maximum absolute atomic E-state index is 12.5. The third-order valence-electron chi connectivity index (χ3n) is 13.6. The highest BCUT2D eigenvalue weighted by Crippen LogP contribution is 2.48. The summed E-state index contributed by atoms with van der Waals surface area (Å²) < 4.78 is 14.8. The molecule has 0 spiro atoms. The summed E-state index contributed by atoms with van der Waals surface area (Å²) in [6, 6.07) is 12.2. The predicted octanol–water partition coefficient (Wildman–Crippen LogP) is 7.89. The minimum absolute atomic E-state index is 0.0335. The standard InChI is InChI=1S/C44H62N6O7SSi/c1-43(2,3)59(5,6)57-37(33-17-19-36(51)39-40(33)56-27-38(52)46-39)26-45-25-28-12-18-35-34(24-28)47-48-50(35)22-9-21-49(4)31-15-13-29(14-16-31)32-20-23-58-41(32)44(55,42(53)54)30-10-7-8-11-30/h12,17-20,23-24,29-31,37,45,51,55H,7-11,13-16,21-22,25-27H2,1-6H3,(H,46,52)(H,53,54)/t29-,31-,37-,44+/m0/s1. The minimum Gasteiger partial charge on any atom is -0.506 e. The first-order valence-electron chi connectivity index (χ1n) is 21.3. The van der Waals surface area contributed by atoms with E-state index in [1.807, 2.05) is 16.1 Å². The number of aliphatic carboxylic acids is 1. The summed E-state index contributed by atoms with van der Waals surface area (Å²) in [5, 5.41) is 49.6. The molecule has 2 atom stereocenters. The molecule has 2 aromatic carbocycles. The molecule has 0 radical (unpaired) electrons. The van der Waals surface area contributed by atoms with E-state index in [0.717, 1.165) is 98.6 Å². The fourth-order valence-electron chi connectivity index (χ4n) is 9.05. The van der Waals surface area contributed by atoms with Gasteiger partial charge in [-0.3, -0.25) is 4.79 Å². The third-order valence-corrected chi connectivity index (χ3v) is 19.1. The van der Waals surface area contributed by atoms with Crippen LogP contribution in [0.5, 0.6) is 11.5 Å². The zero-order valence-corrected chi connectivity index (χ0v) is 37.2. The average molecular weight is 847 g/mol. The first-order valence-corrected chi connectivity index (χ1v) is 25.1. The Labute approximate surface area is 352 Å². The molecule has 2 aliphatic carbocycles. The van der Waals surface area contributed by atoms with E-state index in [1.54, 1.807) is 6.07 Å². The van der Waals surface area contributed by atoms with E-state index in [2.05, 4.69) is 91.0 Å². The highest BCUT2D eigenvalue weighted by molar-refractivity contribution is 7.10. The number of phenolic OH excluding ortho intramolecular Hbond substituents is 1. The van der Waals surface area contributed by atoms with Crippen LogP contribution in [-0.4, -0.2) is 88.2 Å². The normalized spacial score (nSPS) is 20.6. The molecule has 3 heterocycles. The van der Waals surface area contributed by atoms with E-state index < -0.39 is 19.9 Å². The lowest BCUT2D eigenvalue weighted by atomic mass is 9.76. The number of aromatic nitrogens is 3. The van der Waals surface area contributed by atoms with Crippen LogP contribution >= 0.6 is 11.3 Å². The van der Waals surface area contributed by atoms with Crippen molar-refractivity contribution >= 4 is 48.3 Å². The zero-order valence-electron chi connectivity index (χ0n) is 35.4. The van der Waals surface area contributed by atoms with Crippen LogP contribution in [0.3, 0.4) is 0 Å². The van der Waals surface area contributed by atoms with E-state index in [0.29, 0.717) is 29.8 Å². The van der Waals surface area contributed by atoms with Crippen molar-refractivity contribution in [3.63, 3.8) is 0 Å². The lowest BCUT2D eigenvalue weighted by molar-refractivity contribution is -0.166. The molecule has 1 aliphatic heterocycles. The van der Waals surface area contributed by atoms with Crippen molar-refractivity contribution in [1.82, 2.24) is 25.2 Å². The SMILES string of the molecule is CN(CCCn1nnc2cc(CNC[C@H](O[Si](C)(C)C(C)(C)C)c3ccc(O)c4c3OCC(=O)N4)ccc21)[C@H]1CC[C@H](c2ccsc2[C@@](O)(C(=O)O)C2CCCC2)CC1. The predicted molar refractivity (Wildman–Crippen MR) is 233 cm³/mol. The molecule has 13 nitrogen and oxygen atoms in total. The number of carboxylic acid groups (broad SMARTS) is 1. The minimum atomic E-state index is -2.24. The van der Waals surface area contributed by atoms with Gasteiger partial charge >= 0.3 is 5.97 Å². The molecule has 5 N–H and O–H groups in total. The Morgan fingerprint density at radius 3 is 2.58 bits per heavy atom. The van der Waals surface area contributed by atoms with Crippen LogP contribution in [0.1, 0.15) is 112 Å². The largest absolute Gasteiger partial charge is 0.506 e. The third kappa shape index (κ3) is 9.10. The van der Waals surface area contributed by atoms with Crippen LogP contribution in [0.15, 0.2) is 41.8 Å². The van der Waals surface area contributed by atoms with Crippen molar-refractivity contribution in [2.75, 3.05) is 32.1 Å². The highest BCUT2D eigenvalue weighted by Gasteiger charge is 2.49. The first kappa shape index (κ1) is 43.2. The average Bonchev–Trinajstić information content (AvgIpc) is 4.00. The summed E-state index contributed by atoms with van der Waals surface area (Å²) in [5.74, 6) is -0.946. The summed E-state index contributed by atoms with van der Waals surface area (Å²) >= 11 is 1.41. The topological polar surface area (TPSA) is 171 Å². The van der Waals surface area contributed by atoms with Crippen LogP contribution in [-0.2, 0) is 32.7 Å². The summed E-state index contributed by atoms with van der Waals surface area (Å²) in [5.41, 5.74) is 3.24. The number of thiophene rings is 1. The summed E-state index contributed by atoms with van der Waals surface area (Å²) in [7, 11) is -0.0353. The van der Waals surface area contributed by atoms with Gasteiger partial charge in [0.05, 0.1) is 16.5 Å². The van der Waals surface area contributed by atoms with Gasteiger partial charge in [0.15, 0.2) is 26.3 Å². The van der Waals surface area contributed by atoms with E-state index in [9.17, 15) is 24.9 Å². The second kappa shape index (κ2) is 17.6.